The molecule has 1 rings (SSSR count). The lowest BCUT2D eigenvalue weighted by atomic mass is 9.98. The molecule has 0 saturated heterocycles. The van der Waals surface area contributed by atoms with Gasteiger partial charge in [-0.25, -0.2) is 4.79 Å². The highest BCUT2D eigenvalue weighted by molar-refractivity contribution is 6.41. The third-order valence-corrected chi connectivity index (χ3v) is 2.51. The number of hydrogen-bond donors (Lipinski definition) is 0. The number of Topliss-reactive ketones (excluding diaryl/α,β-unsaturated/α-hetero) is 1. The van der Waals surface area contributed by atoms with E-state index in [4.69, 9.17) is 4.74 Å². The molecule has 0 N–H and O–H groups in total. The van der Waals surface area contributed by atoms with Crippen molar-refractivity contribution in [2.75, 3.05) is 14.2 Å². The second-order valence-corrected chi connectivity index (χ2v) is 3.94. The van der Waals surface area contributed by atoms with Gasteiger partial charge in [0.15, 0.2) is 0 Å². The molecule has 0 aliphatic rings. The Bertz CT molecular complexity index is 435. The molecule has 0 spiro atoms. The van der Waals surface area contributed by atoms with Gasteiger partial charge in [0.1, 0.15) is 5.75 Å². The summed E-state index contributed by atoms with van der Waals surface area (Å²) in [7, 11) is 2.64. The molecule has 0 fully saturated rings. The number of hydrogen-bond acceptors (Lipinski definition) is 4. The first kappa shape index (κ1) is 13.2. The highest BCUT2D eigenvalue weighted by Crippen LogP contribution is 2.24. The fourth-order valence-electron chi connectivity index (χ4n) is 1.46. The van der Waals surface area contributed by atoms with E-state index in [1.165, 1.54) is 14.2 Å². The Morgan fingerprint density at radius 1 is 1.18 bits per heavy atom. The van der Waals surface area contributed by atoms with Gasteiger partial charge in [0, 0.05) is 0 Å². The van der Waals surface area contributed by atoms with Crippen LogP contribution in [0.25, 0.3) is 0 Å². The smallest absolute Gasteiger partial charge is 0.379 e. The van der Waals surface area contributed by atoms with Crippen LogP contribution < -0.4 is 4.74 Å². The molecule has 0 atom stereocenters. The molecule has 0 radical (unpaired) electrons. The van der Waals surface area contributed by atoms with Gasteiger partial charge in [-0.3, -0.25) is 4.79 Å². The minimum atomic E-state index is -0.885. The normalized spacial score (nSPS) is 10.2. The monoisotopic (exact) mass is 236 g/mol. The molecule has 4 heteroatoms. The van der Waals surface area contributed by atoms with Gasteiger partial charge in [-0.15, -0.1) is 0 Å². The van der Waals surface area contributed by atoms with E-state index in [-0.39, 0.29) is 11.5 Å². The average Bonchev–Trinajstić information content (AvgIpc) is 2.35. The van der Waals surface area contributed by atoms with Crippen LogP contribution in [0.3, 0.4) is 0 Å². The summed E-state index contributed by atoms with van der Waals surface area (Å²) in [6.45, 7) is 4.02. The first-order valence-electron chi connectivity index (χ1n) is 5.31. The molecule has 0 amide bonds. The second kappa shape index (κ2) is 5.48. The number of rotatable bonds is 4. The molecular formula is C13H16O4. The Morgan fingerprint density at radius 3 is 2.29 bits per heavy atom. The Balaban J connectivity index is 3.23. The van der Waals surface area contributed by atoms with Crippen LogP contribution in [0.2, 0.25) is 0 Å². The topological polar surface area (TPSA) is 52.6 Å². The zero-order valence-electron chi connectivity index (χ0n) is 10.4. The van der Waals surface area contributed by atoms with Gasteiger partial charge >= 0.3 is 5.97 Å². The van der Waals surface area contributed by atoms with Gasteiger partial charge in [-0.05, 0) is 23.6 Å². The van der Waals surface area contributed by atoms with Crippen LogP contribution in [0.15, 0.2) is 18.2 Å². The Hall–Kier alpha value is -1.84. The van der Waals surface area contributed by atoms with E-state index in [0.29, 0.717) is 5.75 Å². The van der Waals surface area contributed by atoms with Gasteiger partial charge in [0.25, 0.3) is 5.78 Å². The molecule has 1 aromatic carbocycles. The number of methoxy groups -OCH3 is 2. The largest absolute Gasteiger partial charge is 0.496 e. The molecule has 1 aromatic rings. The maximum Gasteiger partial charge on any atom is 0.379 e. The van der Waals surface area contributed by atoms with E-state index in [1.807, 2.05) is 19.9 Å². The minimum Gasteiger partial charge on any atom is -0.496 e. The summed E-state index contributed by atoms with van der Waals surface area (Å²) < 4.78 is 9.49. The Labute approximate surface area is 101 Å². The van der Waals surface area contributed by atoms with Crippen molar-refractivity contribution in [1.29, 1.82) is 0 Å². The maximum absolute atomic E-state index is 11.8. The van der Waals surface area contributed by atoms with Crippen LogP contribution in [0.5, 0.6) is 5.75 Å². The van der Waals surface area contributed by atoms with Crippen molar-refractivity contribution in [3.05, 3.63) is 29.3 Å². The van der Waals surface area contributed by atoms with E-state index in [0.717, 1.165) is 5.56 Å². The van der Waals surface area contributed by atoms with Crippen LogP contribution >= 0.6 is 0 Å². The maximum atomic E-state index is 11.8. The van der Waals surface area contributed by atoms with Crippen LogP contribution in [-0.4, -0.2) is 26.0 Å². The van der Waals surface area contributed by atoms with Gasteiger partial charge < -0.3 is 9.47 Å². The van der Waals surface area contributed by atoms with Gasteiger partial charge in [-0.1, -0.05) is 19.9 Å². The van der Waals surface area contributed by atoms with Gasteiger partial charge in [0.2, 0.25) is 0 Å². The predicted molar refractivity (Wildman–Crippen MR) is 63.4 cm³/mol. The van der Waals surface area contributed by atoms with Gasteiger partial charge in [0.05, 0.1) is 19.8 Å². The summed E-state index contributed by atoms with van der Waals surface area (Å²) in [4.78, 5) is 23.0. The fourth-order valence-corrected chi connectivity index (χ4v) is 1.46. The molecule has 0 aliphatic carbocycles. The number of carbonyl (C=O) groups excluding carboxylic acids is 2. The summed E-state index contributed by atoms with van der Waals surface area (Å²) in [5, 5.41) is 0. The van der Waals surface area contributed by atoms with Crippen molar-refractivity contribution in [1.82, 2.24) is 0 Å². The molecular weight excluding hydrogens is 220 g/mol. The van der Waals surface area contributed by atoms with E-state index < -0.39 is 11.8 Å². The fraction of sp³-hybridized carbons (Fsp3) is 0.385. The van der Waals surface area contributed by atoms with Crippen LogP contribution in [-0.2, 0) is 9.53 Å². The highest BCUT2D eigenvalue weighted by atomic mass is 16.5. The summed E-state index contributed by atoms with van der Waals surface area (Å²) >= 11 is 0. The molecule has 0 aliphatic heterocycles. The van der Waals surface area contributed by atoms with E-state index in [1.54, 1.807) is 12.1 Å². The van der Waals surface area contributed by atoms with Crippen molar-refractivity contribution < 1.29 is 19.1 Å². The first-order chi connectivity index (χ1) is 8.01. The molecule has 0 bridgehead atoms. The van der Waals surface area contributed by atoms with E-state index >= 15 is 0 Å². The lowest BCUT2D eigenvalue weighted by molar-refractivity contribution is -0.135. The van der Waals surface area contributed by atoms with E-state index in [2.05, 4.69) is 4.74 Å². The van der Waals surface area contributed by atoms with Crippen molar-refractivity contribution in [3.8, 4) is 5.75 Å². The van der Waals surface area contributed by atoms with Crippen molar-refractivity contribution in [2.24, 2.45) is 0 Å². The zero-order valence-corrected chi connectivity index (χ0v) is 10.4. The van der Waals surface area contributed by atoms with Gasteiger partial charge in [-0.2, -0.15) is 0 Å². The molecule has 0 saturated carbocycles. The lowest BCUT2D eigenvalue weighted by Gasteiger charge is -2.11. The first-order valence-corrected chi connectivity index (χ1v) is 5.31. The SMILES string of the molecule is COC(=O)C(=O)c1cc(C(C)C)ccc1OC. The standard InChI is InChI=1S/C13H16O4/c1-8(2)9-5-6-11(16-3)10(7-9)12(14)13(15)17-4/h5-8H,1-4H3. The number of ketones is 1. The quantitative estimate of drug-likeness (QED) is 0.456. The third-order valence-electron chi connectivity index (χ3n) is 2.51. The Kier molecular flexibility index (Phi) is 4.26. The second-order valence-electron chi connectivity index (χ2n) is 3.94. The van der Waals surface area contributed by atoms with Crippen LogP contribution in [0, 0.1) is 0 Å². The van der Waals surface area contributed by atoms with Crippen molar-refractivity contribution in [3.63, 3.8) is 0 Å². The molecule has 0 aromatic heterocycles. The number of esters is 1. The molecule has 0 heterocycles. The third kappa shape index (κ3) is 2.84. The van der Waals surface area contributed by atoms with Crippen molar-refractivity contribution >= 4 is 11.8 Å². The molecule has 92 valence electrons. The minimum absolute atomic E-state index is 0.241. The molecule has 4 nitrogen and oxygen atoms in total. The molecule has 0 unspecified atom stereocenters. The number of benzene rings is 1. The highest BCUT2D eigenvalue weighted by Gasteiger charge is 2.21. The zero-order chi connectivity index (χ0) is 13.0. The summed E-state index contributed by atoms with van der Waals surface area (Å²) in [5.41, 5.74) is 1.21. The van der Waals surface area contributed by atoms with Crippen LogP contribution in [0.4, 0.5) is 0 Å². The average molecular weight is 236 g/mol. The summed E-state index contributed by atoms with van der Waals surface area (Å²) in [6, 6.07) is 5.23. The van der Waals surface area contributed by atoms with E-state index in [9.17, 15) is 9.59 Å². The molecule has 17 heavy (non-hydrogen) atoms. The number of carbonyl (C=O) groups is 2. The Morgan fingerprint density at radius 2 is 1.82 bits per heavy atom. The summed E-state index contributed by atoms with van der Waals surface area (Å²) in [6.07, 6.45) is 0. The van der Waals surface area contributed by atoms with Crippen LogP contribution in [0.1, 0.15) is 35.7 Å². The predicted octanol–water partition coefficient (Wildman–Crippen LogP) is 2.17. The van der Waals surface area contributed by atoms with Crippen molar-refractivity contribution in [2.45, 2.75) is 19.8 Å². The number of ether oxygens (including phenoxy) is 2. The summed E-state index contributed by atoms with van der Waals surface area (Å²) in [5.74, 6) is -0.925. The lowest BCUT2D eigenvalue weighted by Crippen LogP contribution is -2.17.